The van der Waals surface area contributed by atoms with Gasteiger partial charge in [-0.15, -0.1) is 11.3 Å². The molecule has 2 heterocycles. The number of aliphatic imine (C=N–C) groups is 1. The fourth-order valence-corrected chi connectivity index (χ4v) is 3.56. The average molecular weight is 366 g/mol. The first kappa shape index (κ1) is 16.9. The Morgan fingerprint density at radius 2 is 2.17 bits per heavy atom. The van der Waals surface area contributed by atoms with E-state index in [9.17, 15) is 0 Å². The third-order valence-corrected chi connectivity index (χ3v) is 5.06. The minimum atomic E-state index is 0.502. The van der Waals surface area contributed by atoms with Gasteiger partial charge in [0, 0.05) is 37.8 Å². The topological polar surface area (TPSA) is 67.0 Å². The van der Waals surface area contributed by atoms with Crippen molar-refractivity contribution in [2.75, 3.05) is 38.2 Å². The Bertz CT molecular complexity index is 698. The highest BCUT2D eigenvalue weighted by molar-refractivity contribution is 7.13. The molecule has 1 fully saturated rings. The highest BCUT2D eigenvalue weighted by Gasteiger charge is 2.19. The van der Waals surface area contributed by atoms with E-state index in [1.807, 2.05) is 29.8 Å². The lowest BCUT2D eigenvalue weighted by molar-refractivity contribution is 0.380. The maximum atomic E-state index is 6.14. The van der Waals surface area contributed by atoms with Crippen molar-refractivity contribution in [3.63, 3.8) is 0 Å². The van der Waals surface area contributed by atoms with Crippen molar-refractivity contribution >= 4 is 34.0 Å². The van der Waals surface area contributed by atoms with E-state index in [0.29, 0.717) is 23.3 Å². The zero-order chi connectivity index (χ0) is 16.9. The van der Waals surface area contributed by atoms with Crippen molar-refractivity contribution < 1.29 is 4.74 Å². The van der Waals surface area contributed by atoms with E-state index < -0.39 is 0 Å². The second-order valence-electron chi connectivity index (χ2n) is 5.43. The van der Waals surface area contributed by atoms with Gasteiger partial charge in [0.1, 0.15) is 5.75 Å². The summed E-state index contributed by atoms with van der Waals surface area (Å²) < 4.78 is 5.15. The number of benzene rings is 1. The van der Waals surface area contributed by atoms with Gasteiger partial charge in [-0.3, -0.25) is 0 Å². The van der Waals surface area contributed by atoms with Gasteiger partial charge in [-0.05, 0) is 17.7 Å². The molecule has 1 aliphatic rings. The number of anilines is 1. The first-order valence-electron chi connectivity index (χ1n) is 7.69. The maximum absolute atomic E-state index is 6.14. The lowest BCUT2D eigenvalue weighted by Gasteiger charge is -2.35. The SMILES string of the molecule is COc1ccc(CN=C(N)N2CCN(c3nccs3)CC2)cc1Cl. The Morgan fingerprint density at radius 3 is 2.79 bits per heavy atom. The summed E-state index contributed by atoms with van der Waals surface area (Å²) in [4.78, 5) is 13.2. The smallest absolute Gasteiger partial charge is 0.191 e. The number of nitrogens with two attached hydrogens (primary N) is 1. The van der Waals surface area contributed by atoms with E-state index in [0.717, 1.165) is 36.9 Å². The second-order valence-corrected chi connectivity index (χ2v) is 6.71. The summed E-state index contributed by atoms with van der Waals surface area (Å²) in [6.07, 6.45) is 1.84. The third-order valence-electron chi connectivity index (χ3n) is 3.93. The first-order chi connectivity index (χ1) is 11.7. The van der Waals surface area contributed by atoms with Gasteiger partial charge in [-0.2, -0.15) is 0 Å². The van der Waals surface area contributed by atoms with E-state index in [-0.39, 0.29) is 0 Å². The van der Waals surface area contributed by atoms with Crippen LogP contribution in [0.25, 0.3) is 0 Å². The van der Waals surface area contributed by atoms with Crippen LogP contribution in [0.3, 0.4) is 0 Å². The number of guanidine groups is 1. The van der Waals surface area contributed by atoms with Crippen LogP contribution >= 0.6 is 22.9 Å². The van der Waals surface area contributed by atoms with Crippen LogP contribution in [-0.4, -0.2) is 49.1 Å². The zero-order valence-corrected chi connectivity index (χ0v) is 15.1. The van der Waals surface area contributed by atoms with Gasteiger partial charge in [-0.1, -0.05) is 17.7 Å². The normalized spacial score (nSPS) is 15.7. The Labute approximate surface area is 150 Å². The molecule has 2 aromatic rings. The van der Waals surface area contributed by atoms with Crippen molar-refractivity contribution in [1.82, 2.24) is 9.88 Å². The molecule has 3 rings (SSSR count). The number of nitrogens with zero attached hydrogens (tertiary/aromatic N) is 4. The molecule has 1 aromatic heterocycles. The van der Waals surface area contributed by atoms with E-state index in [1.54, 1.807) is 18.4 Å². The fraction of sp³-hybridized carbons (Fsp3) is 0.375. The largest absolute Gasteiger partial charge is 0.495 e. The van der Waals surface area contributed by atoms with Gasteiger partial charge in [0.15, 0.2) is 11.1 Å². The van der Waals surface area contributed by atoms with Crippen LogP contribution in [0.4, 0.5) is 5.13 Å². The van der Waals surface area contributed by atoms with Crippen LogP contribution in [0, 0.1) is 0 Å². The molecule has 0 unspecified atom stereocenters. The number of halogens is 1. The van der Waals surface area contributed by atoms with E-state index in [4.69, 9.17) is 22.1 Å². The summed E-state index contributed by atoms with van der Waals surface area (Å²) >= 11 is 7.80. The van der Waals surface area contributed by atoms with Crippen molar-refractivity contribution in [3.8, 4) is 5.75 Å². The molecule has 6 nitrogen and oxygen atoms in total. The number of aromatic nitrogens is 1. The van der Waals surface area contributed by atoms with Crippen molar-refractivity contribution in [2.24, 2.45) is 10.7 Å². The van der Waals surface area contributed by atoms with Gasteiger partial charge in [-0.25, -0.2) is 9.98 Å². The monoisotopic (exact) mass is 365 g/mol. The summed E-state index contributed by atoms with van der Waals surface area (Å²) in [5.41, 5.74) is 7.15. The number of thiazole rings is 1. The molecule has 0 atom stereocenters. The Morgan fingerprint density at radius 1 is 1.38 bits per heavy atom. The number of methoxy groups -OCH3 is 1. The Hall–Kier alpha value is -1.99. The standard InChI is InChI=1S/C16H20ClN5OS/c1-23-14-3-2-12(10-13(14)17)11-20-15(18)21-5-7-22(8-6-21)16-19-4-9-24-16/h2-4,9-10H,5-8,11H2,1H3,(H2,18,20). The van der Waals surface area contributed by atoms with E-state index in [2.05, 4.69) is 19.8 Å². The highest BCUT2D eigenvalue weighted by atomic mass is 35.5. The lowest BCUT2D eigenvalue weighted by Crippen LogP contribution is -2.51. The zero-order valence-electron chi connectivity index (χ0n) is 13.5. The van der Waals surface area contributed by atoms with Gasteiger partial charge >= 0.3 is 0 Å². The maximum Gasteiger partial charge on any atom is 0.191 e. The minimum Gasteiger partial charge on any atom is -0.495 e. The van der Waals surface area contributed by atoms with Crippen LogP contribution in [0.2, 0.25) is 5.02 Å². The molecule has 1 aromatic carbocycles. The molecule has 24 heavy (non-hydrogen) atoms. The lowest BCUT2D eigenvalue weighted by atomic mass is 10.2. The van der Waals surface area contributed by atoms with Crippen LogP contribution in [0.15, 0.2) is 34.8 Å². The average Bonchev–Trinajstić information content (AvgIpc) is 3.14. The first-order valence-corrected chi connectivity index (χ1v) is 8.95. The van der Waals surface area contributed by atoms with Crippen LogP contribution in [-0.2, 0) is 6.54 Å². The quantitative estimate of drug-likeness (QED) is 0.665. The fourth-order valence-electron chi connectivity index (χ4n) is 2.58. The molecule has 0 amide bonds. The Balaban J connectivity index is 1.56. The molecule has 0 saturated carbocycles. The molecular formula is C16H20ClN5OS. The van der Waals surface area contributed by atoms with Gasteiger partial charge in [0.05, 0.1) is 18.7 Å². The van der Waals surface area contributed by atoms with Gasteiger partial charge in [0.2, 0.25) is 0 Å². The number of hydrogen-bond donors (Lipinski definition) is 1. The highest BCUT2D eigenvalue weighted by Crippen LogP contribution is 2.25. The molecule has 2 N–H and O–H groups in total. The van der Waals surface area contributed by atoms with Crippen molar-refractivity contribution in [3.05, 3.63) is 40.4 Å². The van der Waals surface area contributed by atoms with Crippen molar-refractivity contribution in [1.29, 1.82) is 0 Å². The molecular weight excluding hydrogens is 346 g/mol. The summed E-state index contributed by atoms with van der Waals surface area (Å²) in [5, 5.41) is 3.65. The van der Waals surface area contributed by atoms with Crippen LogP contribution < -0.4 is 15.4 Å². The predicted octanol–water partition coefficient (Wildman–Crippen LogP) is 2.44. The van der Waals surface area contributed by atoms with Gasteiger partial charge < -0.3 is 20.3 Å². The van der Waals surface area contributed by atoms with Crippen LogP contribution in [0.5, 0.6) is 5.75 Å². The molecule has 1 aliphatic heterocycles. The summed E-state index contributed by atoms with van der Waals surface area (Å²) in [6, 6.07) is 5.65. The number of rotatable bonds is 4. The summed E-state index contributed by atoms with van der Waals surface area (Å²) in [6.45, 7) is 4.00. The third kappa shape index (κ3) is 3.91. The number of piperazine rings is 1. The molecule has 128 valence electrons. The molecule has 8 heteroatoms. The molecule has 0 bridgehead atoms. The second kappa shape index (κ2) is 7.72. The number of hydrogen-bond acceptors (Lipinski definition) is 5. The molecule has 0 aliphatic carbocycles. The summed E-state index contributed by atoms with van der Waals surface area (Å²) in [7, 11) is 1.60. The van der Waals surface area contributed by atoms with Crippen LogP contribution in [0.1, 0.15) is 5.56 Å². The van der Waals surface area contributed by atoms with Crippen molar-refractivity contribution in [2.45, 2.75) is 6.54 Å². The van der Waals surface area contributed by atoms with E-state index in [1.165, 1.54) is 0 Å². The number of ether oxygens (including phenoxy) is 1. The van der Waals surface area contributed by atoms with E-state index >= 15 is 0 Å². The molecule has 0 spiro atoms. The van der Waals surface area contributed by atoms with Gasteiger partial charge in [0.25, 0.3) is 0 Å². The molecule has 1 saturated heterocycles. The predicted molar refractivity (Wildman–Crippen MR) is 99.2 cm³/mol. The molecule has 0 radical (unpaired) electrons. The Kier molecular flexibility index (Phi) is 5.42. The summed E-state index contributed by atoms with van der Waals surface area (Å²) in [5.74, 6) is 1.23. The minimum absolute atomic E-state index is 0.502.